The van der Waals surface area contributed by atoms with Crippen molar-refractivity contribution >= 4 is 17.3 Å². The van der Waals surface area contributed by atoms with Crippen molar-refractivity contribution in [2.45, 2.75) is 26.0 Å². The summed E-state index contributed by atoms with van der Waals surface area (Å²) in [6.07, 6.45) is 1.09. The molecule has 0 aromatic carbocycles. The van der Waals surface area contributed by atoms with E-state index in [0.29, 0.717) is 0 Å². The molecule has 0 aliphatic heterocycles. The minimum Gasteiger partial charge on any atom is -0.383 e. The first-order chi connectivity index (χ1) is 12.0. The molecule has 1 heterocycles. The SMILES string of the molecule is CN=C(NCCCN(C)CCOC)N(C)Cc1csc(C(C)OC)n1. The van der Waals surface area contributed by atoms with Crippen LogP contribution >= 0.6 is 11.3 Å². The van der Waals surface area contributed by atoms with Crippen LogP contribution in [0.2, 0.25) is 0 Å². The lowest BCUT2D eigenvalue weighted by Crippen LogP contribution is -2.39. The van der Waals surface area contributed by atoms with Gasteiger partial charge in [-0.15, -0.1) is 11.3 Å². The molecule has 0 saturated carbocycles. The van der Waals surface area contributed by atoms with Crippen molar-refractivity contribution in [3.8, 4) is 0 Å². The Kier molecular flexibility index (Phi) is 10.6. The van der Waals surface area contributed by atoms with Gasteiger partial charge in [0, 0.05) is 46.8 Å². The molecule has 1 aromatic heterocycles. The molecular formula is C17H33N5O2S. The first-order valence-corrected chi connectivity index (χ1v) is 9.46. The van der Waals surface area contributed by atoms with Gasteiger partial charge in [0.05, 0.1) is 18.8 Å². The number of ether oxygens (including phenoxy) is 2. The number of aromatic nitrogens is 1. The Hall–Kier alpha value is -1.22. The van der Waals surface area contributed by atoms with Gasteiger partial charge in [-0.2, -0.15) is 0 Å². The molecule has 25 heavy (non-hydrogen) atoms. The number of rotatable bonds is 11. The topological polar surface area (TPSA) is 62.2 Å². The summed E-state index contributed by atoms with van der Waals surface area (Å²) in [5.74, 6) is 0.883. The van der Waals surface area contributed by atoms with Crippen molar-refractivity contribution < 1.29 is 9.47 Å². The molecular weight excluding hydrogens is 338 g/mol. The highest BCUT2D eigenvalue weighted by Gasteiger charge is 2.12. The number of nitrogens with zero attached hydrogens (tertiary/aromatic N) is 4. The summed E-state index contributed by atoms with van der Waals surface area (Å²) in [4.78, 5) is 13.4. The molecule has 0 spiro atoms. The fraction of sp³-hybridized carbons (Fsp3) is 0.765. The normalized spacial score (nSPS) is 13.3. The number of methoxy groups -OCH3 is 2. The van der Waals surface area contributed by atoms with E-state index in [9.17, 15) is 0 Å². The Labute approximate surface area is 156 Å². The molecule has 144 valence electrons. The second-order valence-corrected chi connectivity index (χ2v) is 6.92. The number of nitrogens with one attached hydrogen (secondary N) is 1. The number of aliphatic imine (C=N–C) groups is 1. The summed E-state index contributed by atoms with van der Waals surface area (Å²) >= 11 is 1.64. The van der Waals surface area contributed by atoms with Gasteiger partial charge < -0.3 is 24.6 Å². The van der Waals surface area contributed by atoms with Crippen molar-refractivity contribution in [3.05, 3.63) is 16.1 Å². The Bertz CT molecular complexity index is 509. The van der Waals surface area contributed by atoms with E-state index < -0.39 is 0 Å². The van der Waals surface area contributed by atoms with E-state index in [1.54, 1.807) is 25.6 Å². The number of thiazole rings is 1. The van der Waals surface area contributed by atoms with E-state index in [0.717, 1.165) is 55.9 Å². The maximum atomic E-state index is 5.32. The van der Waals surface area contributed by atoms with Gasteiger partial charge in [0.15, 0.2) is 5.96 Å². The number of guanidine groups is 1. The van der Waals surface area contributed by atoms with Crippen LogP contribution in [-0.2, 0) is 16.0 Å². The number of hydrogen-bond donors (Lipinski definition) is 1. The fourth-order valence-corrected chi connectivity index (χ4v) is 3.14. The Morgan fingerprint density at radius 3 is 2.76 bits per heavy atom. The zero-order valence-corrected chi connectivity index (χ0v) is 17.2. The maximum absolute atomic E-state index is 5.32. The monoisotopic (exact) mass is 371 g/mol. The van der Waals surface area contributed by atoms with E-state index in [4.69, 9.17) is 9.47 Å². The maximum Gasteiger partial charge on any atom is 0.193 e. The molecule has 7 nitrogen and oxygen atoms in total. The molecule has 0 saturated heterocycles. The first kappa shape index (κ1) is 21.8. The van der Waals surface area contributed by atoms with Gasteiger partial charge in [-0.05, 0) is 26.9 Å². The summed E-state index contributed by atoms with van der Waals surface area (Å²) in [7, 11) is 9.38. The molecule has 1 N–H and O–H groups in total. The fourth-order valence-electron chi connectivity index (χ4n) is 2.29. The van der Waals surface area contributed by atoms with Crippen LogP contribution in [0.4, 0.5) is 0 Å². The third kappa shape index (κ3) is 8.13. The molecule has 1 rings (SSSR count). The van der Waals surface area contributed by atoms with Gasteiger partial charge >= 0.3 is 0 Å². The minimum atomic E-state index is 0.0385. The summed E-state index contributed by atoms with van der Waals surface area (Å²) in [5, 5.41) is 6.50. The summed E-state index contributed by atoms with van der Waals surface area (Å²) in [6, 6.07) is 0. The van der Waals surface area contributed by atoms with Gasteiger partial charge in [0.2, 0.25) is 0 Å². The Balaban J connectivity index is 2.37. The average Bonchev–Trinajstić information content (AvgIpc) is 3.07. The van der Waals surface area contributed by atoms with E-state index in [1.807, 2.05) is 21.0 Å². The van der Waals surface area contributed by atoms with Crippen LogP contribution in [0.25, 0.3) is 0 Å². The van der Waals surface area contributed by atoms with Gasteiger partial charge in [0.1, 0.15) is 11.1 Å². The van der Waals surface area contributed by atoms with Crippen LogP contribution in [0.1, 0.15) is 30.2 Å². The van der Waals surface area contributed by atoms with Gasteiger partial charge in [-0.25, -0.2) is 4.98 Å². The second kappa shape index (κ2) is 12.2. The van der Waals surface area contributed by atoms with E-state index in [1.165, 1.54) is 0 Å². The highest BCUT2D eigenvalue weighted by molar-refractivity contribution is 7.09. The number of hydrogen-bond acceptors (Lipinski definition) is 6. The molecule has 0 fully saturated rings. The summed E-state index contributed by atoms with van der Waals surface area (Å²) in [5.41, 5.74) is 1.04. The lowest BCUT2D eigenvalue weighted by atomic mass is 10.4. The number of likely N-dealkylation sites (N-methyl/N-ethyl adjacent to an activating group) is 1. The first-order valence-electron chi connectivity index (χ1n) is 8.58. The lowest BCUT2D eigenvalue weighted by Gasteiger charge is -2.22. The minimum absolute atomic E-state index is 0.0385. The third-order valence-electron chi connectivity index (χ3n) is 3.92. The molecule has 8 heteroatoms. The largest absolute Gasteiger partial charge is 0.383 e. The molecule has 1 unspecified atom stereocenters. The van der Waals surface area contributed by atoms with Crippen molar-refractivity contribution in [1.82, 2.24) is 20.1 Å². The zero-order valence-electron chi connectivity index (χ0n) is 16.4. The lowest BCUT2D eigenvalue weighted by molar-refractivity contribution is 0.119. The van der Waals surface area contributed by atoms with Crippen molar-refractivity contribution in [3.63, 3.8) is 0 Å². The molecule has 1 atom stereocenters. The highest BCUT2D eigenvalue weighted by Crippen LogP contribution is 2.20. The van der Waals surface area contributed by atoms with Crippen molar-refractivity contribution in [1.29, 1.82) is 0 Å². The van der Waals surface area contributed by atoms with Crippen LogP contribution < -0.4 is 5.32 Å². The van der Waals surface area contributed by atoms with Crippen molar-refractivity contribution in [2.24, 2.45) is 4.99 Å². The summed E-state index contributed by atoms with van der Waals surface area (Å²) < 4.78 is 10.4. The van der Waals surface area contributed by atoms with Crippen LogP contribution in [0.15, 0.2) is 10.4 Å². The quantitative estimate of drug-likeness (QED) is 0.364. The zero-order chi connectivity index (χ0) is 18.7. The second-order valence-electron chi connectivity index (χ2n) is 6.03. The van der Waals surface area contributed by atoms with E-state index >= 15 is 0 Å². The summed E-state index contributed by atoms with van der Waals surface area (Å²) in [6.45, 7) is 6.37. The molecule has 0 aliphatic rings. The molecule has 1 aromatic rings. The molecule has 0 aliphatic carbocycles. The van der Waals surface area contributed by atoms with Gasteiger partial charge in [-0.1, -0.05) is 0 Å². The smallest absolute Gasteiger partial charge is 0.193 e. The average molecular weight is 372 g/mol. The predicted octanol–water partition coefficient (Wildman–Crippen LogP) is 1.83. The van der Waals surface area contributed by atoms with Gasteiger partial charge in [0.25, 0.3) is 0 Å². The Morgan fingerprint density at radius 2 is 2.12 bits per heavy atom. The van der Waals surface area contributed by atoms with Crippen molar-refractivity contribution in [2.75, 3.05) is 61.6 Å². The highest BCUT2D eigenvalue weighted by atomic mass is 32.1. The molecule has 0 radical (unpaired) electrons. The standard InChI is InChI=1S/C17H33N5O2S/c1-14(24-6)16-20-15(13-25-16)12-22(4)17(18-2)19-8-7-9-21(3)10-11-23-5/h13-14H,7-12H2,1-6H3,(H,18,19). The Morgan fingerprint density at radius 1 is 1.36 bits per heavy atom. The van der Waals surface area contributed by atoms with Crippen LogP contribution in [0.5, 0.6) is 0 Å². The van der Waals surface area contributed by atoms with Crippen LogP contribution in [0.3, 0.4) is 0 Å². The predicted molar refractivity (Wildman–Crippen MR) is 104 cm³/mol. The van der Waals surface area contributed by atoms with E-state index in [-0.39, 0.29) is 6.10 Å². The molecule has 0 bridgehead atoms. The van der Waals surface area contributed by atoms with Crippen LogP contribution in [-0.4, -0.2) is 82.3 Å². The van der Waals surface area contributed by atoms with E-state index in [2.05, 4.69) is 37.5 Å². The third-order valence-corrected chi connectivity index (χ3v) is 4.97. The molecule has 0 amide bonds. The van der Waals surface area contributed by atoms with Crippen LogP contribution in [0, 0.1) is 0 Å². The van der Waals surface area contributed by atoms with Gasteiger partial charge in [-0.3, -0.25) is 4.99 Å².